The van der Waals surface area contributed by atoms with Crippen LogP contribution in [0.4, 0.5) is 0 Å². The molecule has 4 aromatic heterocycles. The van der Waals surface area contributed by atoms with Crippen LogP contribution in [-0.4, -0.2) is 32.5 Å². The summed E-state index contributed by atoms with van der Waals surface area (Å²) in [6.45, 7) is 0. The SMILES string of the molecule is COc1cccc(P(c2cccn2C)c2cccn2C)c1-c1c(OC)cccc1P(c1cccn1C)c1cccn1C. The minimum Gasteiger partial charge on any atom is -0.496 e. The standard InChI is InChI=1S/C34H36N4O2P2/c1-35-21-9-17-29(35)41(30-18-10-22-36(30)2)27-15-7-13-25(39-5)33(27)34-26(40-6)14-8-16-28(34)42(31-19-11-23-37(31)3)32-20-12-24-38(32)4/h7-24H,1-6H3. The van der Waals surface area contributed by atoms with Crippen LogP contribution >= 0.6 is 15.8 Å². The first-order valence-electron chi connectivity index (χ1n) is 13.8. The van der Waals surface area contributed by atoms with Crippen LogP contribution in [-0.2, 0) is 28.2 Å². The zero-order valence-corrected chi connectivity index (χ0v) is 26.7. The number of aryl methyl sites for hydroxylation is 4. The molecule has 0 fully saturated rings. The Morgan fingerprint density at radius 3 is 0.976 bits per heavy atom. The molecule has 0 saturated heterocycles. The summed E-state index contributed by atoms with van der Waals surface area (Å²) in [5.74, 6) is 1.67. The summed E-state index contributed by atoms with van der Waals surface area (Å²) in [4.78, 5) is 0. The van der Waals surface area contributed by atoms with Crippen molar-refractivity contribution in [3.63, 3.8) is 0 Å². The van der Waals surface area contributed by atoms with Crippen molar-refractivity contribution >= 4 is 48.2 Å². The lowest BCUT2D eigenvalue weighted by atomic mass is 10.0. The molecule has 0 N–H and O–H groups in total. The van der Waals surface area contributed by atoms with Crippen LogP contribution in [0, 0.1) is 0 Å². The molecular formula is C34H36N4O2P2. The summed E-state index contributed by atoms with van der Waals surface area (Å²) in [5.41, 5.74) is 7.23. The molecule has 0 aliphatic rings. The van der Waals surface area contributed by atoms with E-state index in [2.05, 4.69) is 156 Å². The van der Waals surface area contributed by atoms with Gasteiger partial charge in [-0.05, 0) is 71.3 Å². The first-order valence-corrected chi connectivity index (χ1v) is 16.5. The molecule has 0 aliphatic carbocycles. The van der Waals surface area contributed by atoms with Gasteiger partial charge in [-0.3, -0.25) is 0 Å². The molecule has 0 atom stereocenters. The fourth-order valence-corrected chi connectivity index (χ4v) is 11.0. The Hall–Kier alpha value is -3.98. The van der Waals surface area contributed by atoms with E-state index in [1.807, 2.05) is 0 Å². The van der Waals surface area contributed by atoms with Crippen molar-refractivity contribution in [2.45, 2.75) is 0 Å². The van der Waals surface area contributed by atoms with E-state index in [0.29, 0.717) is 0 Å². The highest BCUT2D eigenvalue weighted by atomic mass is 31.1. The third-order valence-corrected chi connectivity index (χ3v) is 13.2. The number of methoxy groups -OCH3 is 2. The van der Waals surface area contributed by atoms with E-state index < -0.39 is 15.8 Å². The number of ether oxygens (including phenoxy) is 2. The molecule has 0 aliphatic heterocycles. The van der Waals surface area contributed by atoms with Gasteiger partial charge in [0.25, 0.3) is 0 Å². The molecule has 4 heterocycles. The van der Waals surface area contributed by atoms with Crippen LogP contribution < -0.4 is 41.8 Å². The van der Waals surface area contributed by atoms with E-state index in [9.17, 15) is 0 Å². The zero-order chi connectivity index (χ0) is 29.4. The highest BCUT2D eigenvalue weighted by Gasteiger charge is 2.32. The van der Waals surface area contributed by atoms with Gasteiger partial charge in [0.15, 0.2) is 0 Å². The maximum absolute atomic E-state index is 6.19. The maximum atomic E-state index is 6.19. The van der Waals surface area contributed by atoms with Crippen molar-refractivity contribution in [1.29, 1.82) is 0 Å². The van der Waals surface area contributed by atoms with Crippen molar-refractivity contribution in [3.05, 3.63) is 110 Å². The minimum absolute atomic E-state index is 0.836. The summed E-state index contributed by atoms with van der Waals surface area (Å²) in [6.07, 6.45) is 8.52. The van der Waals surface area contributed by atoms with E-state index in [-0.39, 0.29) is 0 Å². The second-order valence-corrected chi connectivity index (χ2v) is 14.4. The predicted molar refractivity (Wildman–Crippen MR) is 178 cm³/mol. The van der Waals surface area contributed by atoms with Crippen LogP contribution in [0.5, 0.6) is 11.5 Å². The Bertz CT molecular complexity index is 1630. The number of nitrogens with zero attached hydrogens (tertiary/aromatic N) is 4. The van der Waals surface area contributed by atoms with Crippen molar-refractivity contribution in [3.8, 4) is 22.6 Å². The Kier molecular flexibility index (Phi) is 7.86. The molecule has 0 bridgehead atoms. The average Bonchev–Trinajstić information content (AvgIpc) is 3.81. The monoisotopic (exact) mass is 594 g/mol. The van der Waals surface area contributed by atoms with Gasteiger partial charge < -0.3 is 27.7 Å². The molecule has 0 radical (unpaired) electrons. The molecule has 0 spiro atoms. The van der Waals surface area contributed by atoms with E-state index in [0.717, 1.165) is 22.6 Å². The van der Waals surface area contributed by atoms with Crippen molar-refractivity contribution in [2.24, 2.45) is 28.2 Å². The van der Waals surface area contributed by atoms with Crippen LogP contribution in [0.15, 0.2) is 110 Å². The van der Waals surface area contributed by atoms with Crippen LogP contribution in [0.25, 0.3) is 11.1 Å². The lowest BCUT2D eigenvalue weighted by molar-refractivity contribution is 0.411. The Balaban J connectivity index is 1.71. The molecule has 42 heavy (non-hydrogen) atoms. The third kappa shape index (κ3) is 4.79. The minimum atomic E-state index is -0.944. The molecular weight excluding hydrogens is 558 g/mol. The largest absolute Gasteiger partial charge is 0.496 e. The number of hydrogen-bond acceptors (Lipinski definition) is 2. The quantitative estimate of drug-likeness (QED) is 0.235. The number of aromatic nitrogens is 4. The number of hydrogen-bond donors (Lipinski definition) is 0. The summed E-state index contributed by atoms with van der Waals surface area (Å²) < 4.78 is 21.3. The maximum Gasteiger partial charge on any atom is 0.127 e. The normalized spacial score (nSPS) is 11.5. The van der Waals surface area contributed by atoms with Crippen molar-refractivity contribution < 1.29 is 9.47 Å². The zero-order valence-electron chi connectivity index (χ0n) is 24.9. The molecule has 0 saturated carbocycles. The lowest BCUT2D eigenvalue weighted by Crippen LogP contribution is -2.31. The van der Waals surface area contributed by atoms with Gasteiger partial charge in [-0.1, -0.05) is 24.3 Å². The molecule has 0 amide bonds. The molecule has 0 unspecified atom stereocenters. The molecule has 8 heteroatoms. The highest BCUT2D eigenvalue weighted by Crippen LogP contribution is 2.46. The van der Waals surface area contributed by atoms with Crippen LogP contribution in [0.2, 0.25) is 0 Å². The van der Waals surface area contributed by atoms with Crippen LogP contribution in [0.3, 0.4) is 0 Å². The number of benzene rings is 2. The van der Waals surface area contributed by atoms with E-state index >= 15 is 0 Å². The first-order chi connectivity index (χ1) is 20.4. The topological polar surface area (TPSA) is 38.2 Å². The van der Waals surface area contributed by atoms with Gasteiger partial charge in [0, 0.05) is 79.9 Å². The molecule has 6 nitrogen and oxygen atoms in total. The van der Waals surface area contributed by atoms with Gasteiger partial charge in [-0.2, -0.15) is 0 Å². The summed E-state index contributed by atoms with van der Waals surface area (Å²) in [5, 5.41) is 2.46. The summed E-state index contributed by atoms with van der Waals surface area (Å²) in [6, 6.07) is 30.4. The Labute approximate surface area is 250 Å². The van der Waals surface area contributed by atoms with E-state index in [1.54, 1.807) is 14.2 Å². The Morgan fingerprint density at radius 2 is 0.738 bits per heavy atom. The van der Waals surface area contributed by atoms with Gasteiger partial charge >= 0.3 is 0 Å². The van der Waals surface area contributed by atoms with Gasteiger partial charge in [0.2, 0.25) is 0 Å². The van der Waals surface area contributed by atoms with Gasteiger partial charge in [-0.25, -0.2) is 0 Å². The van der Waals surface area contributed by atoms with Crippen LogP contribution in [0.1, 0.15) is 0 Å². The molecule has 2 aromatic carbocycles. The summed E-state index contributed by atoms with van der Waals surface area (Å²) >= 11 is 0. The molecule has 214 valence electrons. The molecule has 6 rings (SSSR count). The average molecular weight is 595 g/mol. The van der Waals surface area contributed by atoms with Gasteiger partial charge in [0.05, 0.1) is 36.0 Å². The van der Waals surface area contributed by atoms with E-state index in [4.69, 9.17) is 9.47 Å². The number of rotatable bonds is 9. The predicted octanol–water partition coefficient (Wildman–Crippen LogP) is 4.24. The van der Waals surface area contributed by atoms with Crippen molar-refractivity contribution in [1.82, 2.24) is 18.3 Å². The van der Waals surface area contributed by atoms with E-state index in [1.165, 1.54) is 32.3 Å². The third-order valence-electron chi connectivity index (χ3n) is 7.76. The smallest absolute Gasteiger partial charge is 0.127 e. The fourth-order valence-electron chi connectivity index (χ4n) is 5.72. The second-order valence-electron chi connectivity index (χ2n) is 10.3. The van der Waals surface area contributed by atoms with Crippen molar-refractivity contribution in [2.75, 3.05) is 14.2 Å². The van der Waals surface area contributed by atoms with Gasteiger partial charge in [-0.15, -0.1) is 0 Å². The summed E-state index contributed by atoms with van der Waals surface area (Å²) in [7, 11) is 10.2. The van der Waals surface area contributed by atoms with Gasteiger partial charge in [0.1, 0.15) is 11.5 Å². The lowest BCUT2D eigenvalue weighted by Gasteiger charge is -2.28. The Morgan fingerprint density at radius 1 is 0.429 bits per heavy atom. The molecule has 6 aromatic rings. The highest BCUT2D eigenvalue weighted by molar-refractivity contribution is 7.80. The first kappa shape index (κ1) is 28.2. The second kappa shape index (κ2) is 11.7. The fraction of sp³-hybridized carbons (Fsp3) is 0.176.